The molecular weight excluding hydrogens is 371 g/mol. The first kappa shape index (κ1) is 19.8. The molecule has 0 bridgehead atoms. The summed E-state index contributed by atoms with van der Waals surface area (Å²) in [6, 6.07) is 8.63. The van der Waals surface area contributed by atoms with Crippen LogP contribution in [-0.4, -0.2) is 41.8 Å². The minimum atomic E-state index is -4.75. The molecule has 1 aromatic carbocycles. The molecule has 0 aliphatic rings. The zero-order valence-corrected chi connectivity index (χ0v) is 14.7. The van der Waals surface area contributed by atoms with Crippen molar-refractivity contribution in [2.24, 2.45) is 5.92 Å². The van der Waals surface area contributed by atoms with Crippen LogP contribution in [-0.2, 0) is 4.79 Å². The van der Waals surface area contributed by atoms with Crippen LogP contribution in [0.15, 0.2) is 36.4 Å². The van der Waals surface area contributed by atoms with Gasteiger partial charge < -0.3 is 14.7 Å². The summed E-state index contributed by atoms with van der Waals surface area (Å²) < 4.78 is 40.3. The first-order chi connectivity index (χ1) is 12.1. The van der Waals surface area contributed by atoms with Crippen molar-refractivity contribution in [3.05, 3.63) is 41.3 Å². The molecule has 1 N–H and O–H groups in total. The Morgan fingerprint density at radius 2 is 1.81 bits per heavy atom. The number of carbonyl (C=O) groups is 2. The molecule has 1 amide bonds. The number of hydrogen-bond donors (Lipinski definition) is 1. The van der Waals surface area contributed by atoms with E-state index in [1.165, 1.54) is 54.5 Å². The van der Waals surface area contributed by atoms with Gasteiger partial charge in [0.05, 0.1) is 10.8 Å². The number of ether oxygens (including phenoxy) is 1. The molecule has 1 unspecified atom stereocenters. The van der Waals surface area contributed by atoms with Gasteiger partial charge in [-0.2, -0.15) is 0 Å². The Morgan fingerprint density at radius 1 is 1.19 bits per heavy atom. The van der Waals surface area contributed by atoms with E-state index in [0.717, 1.165) is 0 Å². The lowest BCUT2D eigenvalue weighted by molar-refractivity contribution is -0.274. The zero-order valence-electron chi connectivity index (χ0n) is 13.9. The normalized spacial score (nSPS) is 12.5. The fraction of sp³-hybridized carbons (Fsp3) is 0.294. The number of nitrogens with zero attached hydrogens (tertiary/aromatic N) is 1. The number of carbonyl (C=O) groups excluding carboxylic acids is 1. The largest absolute Gasteiger partial charge is 0.573 e. The number of carboxylic acids is 1. The molecule has 1 atom stereocenters. The van der Waals surface area contributed by atoms with Crippen LogP contribution in [0.2, 0.25) is 0 Å². The molecule has 1 heterocycles. The molecule has 0 spiro atoms. The van der Waals surface area contributed by atoms with E-state index in [9.17, 15) is 22.8 Å². The Balaban J connectivity index is 2.09. The highest BCUT2D eigenvalue weighted by Gasteiger charge is 2.31. The van der Waals surface area contributed by atoms with Crippen LogP contribution in [0.3, 0.4) is 0 Å². The maximum absolute atomic E-state index is 12.4. The van der Waals surface area contributed by atoms with Crippen LogP contribution in [0, 0.1) is 5.92 Å². The van der Waals surface area contributed by atoms with Gasteiger partial charge in [0.15, 0.2) is 0 Å². The van der Waals surface area contributed by atoms with Gasteiger partial charge in [-0.25, -0.2) is 0 Å². The van der Waals surface area contributed by atoms with Crippen molar-refractivity contribution in [2.45, 2.75) is 13.3 Å². The molecule has 2 aromatic rings. The lowest BCUT2D eigenvalue weighted by Crippen LogP contribution is -2.33. The van der Waals surface area contributed by atoms with Gasteiger partial charge in [0, 0.05) is 18.5 Å². The summed E-state index contributed by atoms with van der Waals surface area (Å²) in [7, 11) is 1.52. The number of rotatable bonds is 6. The number of hydrogen-bond acceptors (Lipinski definition) is 4. The Kier molecular flexibility index (Phi) is 5.91. The molecule has 0 aliphatic carbocycles. The van der Waals surface area contributed by atoms with Gasteiger partial charge in [0.25, 0.3) is 5.91 Å². The van der Waals surface area contributed by atoms with Gasteiger partial charge in [-0.15, -0.1) is 24.5 Å². The number of thiophene rings is 1. The third-order valence-corrected chi connectivity index (χ3v) is 4.63. The predicted molar refractivity (Wildman–Crippen MR) is 90.2 cm³/mol. The monoisotopic (exact) mass is 387 g/mol. The van der Waals surface area contributed by atoms with Crippen molar-refractivity contribution < 1.29 is 32.6 Å². The molecule has 0 saturated carbocycles. The Labute approximate surface area is 151 Å². The fourth-order valence-electron chi connectivity index (χ4n) is 2.19. The highest BCUT2D eigenvalue weighted by molar-refractivity contribution is 7.17. The smallest absolute Gasteiger partial charge is 0.481 e. The van der Waals surface area contributed by atoms with E-state index in [0.29, 0.717) is 15.3 Å². The van der Waals surface area contributed by atoms with E-state index in [1.807, 2.05) is 0 Å². The number of carboxylic acid groups (broad SMARTS) is 1. The number of amides is 1. The van der Waals surface area contributed by atoms with E-state index in [4.69, 9.17) is 5.11 Å². The van der Waals surface area contributed by atoms with Crippen molar-refractivity contribution in [1.82, 2.24) is 4.90 Å². The molecule has 2 rings (SSSR count). The first-order valence-corrected chi connectivity index (χ1v) is 8.33. The second kappa shape index (κ2) is 7.77. The molecular formula is C17H16F3NO4S. The summed E-state index contributed by atoms with van der Waals surface area (Å²) in [5.74, 6) is -2.31. The second-order valence-corrected chi connectivity index (χ2v) is 6.74. The van der Waals surface area contributed by atoms with Gasteiger partial charge >= 0.3 is 12.3 Å². The van der Waals surface area contributed by atoms with Crippen molar-refractivity contribution >= 4 is 23.2 Å². The van der Waals surface area contributed by atoms with Crippen LogP contribution in [0.25, 0.3) is 10.4 Å². The third-order valence-electron chi connectivity index (χ3n) is 3.51. The summed E-state index contributed by atoms with van der Waals surface area (Å²) in [5.41, 5.74) is 0.644. The van der Waals surface area contributed by atoms with Gasteiger partial charge in [0.1, 0.15) is 5.75 Å². The van der Waals surface area contributed by atoms with E-state index in [-0.39, 0.29) is 18.2 Å². The predicted octanol–water partition coefficient (Wildman–Crippen LogP) is 4.11. The summed E-state index contributed by atoms with van der Waals surface area (Å²) in [6.45, 7) is 1.58. The highest BCUT2D eigenvalue weighted by Crippen LogP contribution is 2.31. The Bertz CT molecular complexity index is 786. The molecule has 9 heteroatoms. The van der Waals surface area contributed by atoms with Crippen LogP contribution in [0.5, 0.6) is 5.75 Å². The maximum atomic E-state index is 12.4. The number of halogens is 3. The van der Waals surface area contributed by atoms with Gasteiger partial charge in [-0.05, 0) is 42.0 Å². The van der Waals surface area contributed by atoms with E-state index >= 15 is 0 Å². The van der Waals surface area contributed by atoms with Crippen LogP contribution in [0.1, 0.15) is 16.6 Å². The van der Waals surface area contributed by atoms with Crippen molar-refractivity contribution in [2.75, 3.05) is 13.6 Å². The summed E-state index contributed by atoms with van der Waals surface area (Å²) in [5, 5.41) is 8.91. The molecule has 5 nitrogen and oxygen atoms in total. The lowest BCUT2D eigenvalue weighted by atomic mass is 10.1. The average Bonchev–Trinajstić information content (AvgIpc) is 3.03. The minimum Gasteiger partial charge on any atom is -0.481 e. The van der Waals surface area contributed by atoms with Crippen LogP contribution >= 0.6 is 11.3 Å². The van der Waals surface area contributed by atoms with E-state index in [1.54, 1.807) is 12.1 Å². The average molecular weight is 387 g/mol. The summed E-state index contributed by atoms with van der Waals surface area (Å²) >= 11 is 1.18. The van der Waals surface area contributed by atoms with Crippen LogP contribution < -0.4 is 4.74 Å². The SMILES string of the molecule is CC(CN(C)C(=O)c1ccc(-c2ccc(OC(F)(F)F)cc2)s1)C(=O)O. The number of benzene rings is 1. The first-order valence-electron chi connectivity index (χ1n) is 7.51. The van der Waals surface area contributed by atoms with Crippen molar-refractivity contribution in [3.63, 3.8) is 0 Å². The molecule has 140 valence electrons. The molecule has 26 heavy (non-hydrogen) atoms. The van der Waals surface area contributed by atoms with Crippen molar-refractivity contribution in [3.8, 4) is 16.2 Å². The van der Waals surface area contributed by atoms with Crippen molar-refractivity contribution in [1.29, 1.82) is 0 Å². The van der Waals surface area contributed by atoms with E-state index < -0.39 is 18.2 Å². The van der Waals surface area contributed by atoms with Gasteiger partial charge in [0.2, 0.25) is 0 Å². The molecule has 1 aromatic heterocycles. The zero-order chi connectivity index (χ0) is 19.5. The van der Waals surface area contributed by atoms with Gasteiger partial charge in [-0.3, -0.25) is 9.59 Å². The topological polar surface area (TPSA) is 66.8 Å². The third kappa shape index (κ3) is 5.22. The number of aliphatic carboxylic acids is 1. The van der Waals surface area contributed by atoms with Crippen LogP contribution in [0.4, 0.5) is 13.2 Å². The van der Waals surface area contributed by atoms with E-state index in [2.05, 4.69) is 4.74 Å². The maximum Gasteiger partial charge on any atom is 0.573 e. The minimum absolute atomic E-state index is 0.0743. The second-order valence-electron chi connectivity index (χ2n) is 5.66. The molecule has 0 saturated heterocycles. The molecule has 0 fully saturated rings. The summed E-state index contributed by atoms with van der Waals surface area (Å²) in [6.07, 6.45) is -4.75. The van der Waals surface area contributed by atoms with Gasteiger partial charge in [-0.1, -0.05) is 6.92 Å². The fourth-order valence-corrected chi connectivity index (χ4v) is 3.19. The molecule has 0 aliphatic heterocycles. The standard InChI is InChI=1S/C17H16F3NO4S/c1-10(16(23)24)9-21(2)15(22)14-8-7-13(26-14)11-3-5-12(6-4-11)25-17(18,19)20/h3-8,10H,9H2,1-2H3,(H,23,24). The lowest BCUT2D eigenvalue weighted by Gasteiger charge is -2.18. The quantitative estimate of drug-likeness (QED) is 0.810. The highest BCUT2D eigenvalue weighted by atomic mass is 32.1. The number of alkyl halides is 3. The molecule has 0 radical (unpaired) electrons. The Hall–Kier alpha value is -2.55. The Morgan fingerprint density at radius 3 is 2.35 bits per heavy atom. The summed E-state index contributed by atoms with van der Waals surface area (Å²) in [4.78, 5) is 25.7.